The molecular formula is C24H29N3O4S. The Kier molecular flexibility index (Phi) is 7.44. The van der Waals surface area contributed by atoms with Crippen LogP contribution in [0.1, 0.15) is 35.8 Å². The number of carbonyl (C=O) groups is 1. The molecule has 0 aliphatic carbocycles. The molecule has 0 radical (unpaired) electrons. The van der Waals surface area contributed by atoms with Gasteiger partial charge in [-0.1, -0.05) is 13.3 Å². The van der Waals surface area contributed by atoms with E-state index in [0.717, 1.165) is 48.9 Å². The number of piperazine rings is 1. The summed E-state index contributed by atoms with van der Waals surface area (Å²) >= 11 is 1.59. The van der Waals surface area contributed by atoms with Crippen molar-refractivity contribution in [2.24, 2.45) is 0 Å². The normalized spacial score (nSPS) is 14.5. The zero-order chi connectivity index (χ0) is 22.3. The number of carbonyl (C=O) groups excluding carboxylic acids is 1. The predicted molar refractivity (Wildman–Crippen MR) is 124 cm³/mol. The van der Waals surface area contributed by atoms with E-state index in [1.165, 1.54) is 0 Å². The summed E-state index contributed by atoms with van der Waals surface area (Å²) in [6, 6.07) is 9.23. The summed E-state index contributed by atoms with van der Waals surface area (Å²) in [5.41, 5.74) is 1.66. The number of hydrogen-bond acceptors (Lipinski definition) is 7. The number of nitrogens with zero attached hydrogens (tertiary/aromatic N) is 3. The summed E-state index contributed by atoms with van der Waals surface area (Å²) in [4.78, 5) is 21.9. The fourth-order valence-electron chi connectivity index (χ4n) is 3.66. The highest BCUT2D eigenvalue weighted by Gasteiger charge is 2.23. The van der Waals surface area contributed by atoms with Gasteiger partial charge in [0.2, 0.25) is 0 Å². The van der Waals surface area contributed by atoms with Crippen molar-refractivity contribution in [3.63, 3.8) is 0 Å². The number of aromatic nitrogens is 1. The largest absolute Gasteiger partial charge is 0.493 e. The maximum atomic E-state index is 13.0. The quantitative estimate of drug-likeness (QED) is 0.441. The average molecular weight is 456 g/mol. The first-order chi connectivity index (χ1) is 15.7. The van der Waals surface area contributed by atoms with Gasteiger partial charge in [-0.3, -0.25) is 9.69 Å². The Hall–Kier alpha value is -2.84. The molecule has 0 atom stereocenters. The summed E-state index contributed by atoms with van der Waals surface area (Å²) in [5.74, 6) is 2.10. The number of methoxy groups -OCH3 is 1. The Bertz CT molecular complexity index is 1010. The van der Waals surface area contributed by atoms with Crippen molar-refractivity contribution in [3.8, 4) is 22.3 Å². The third-order valence-corrected chi connectivity index (χ3v) is 6.40. The minimum Gasteiger partial charge on any atom is -0.493 e. The van der Waals surface area contributed by atoms with Gasteiger partial charge in [0.15, 0.2) is 22.3 Å². The Morgan fingerprint density at radius 2 is 2.03 bits per heavy atom. The number of hydrogen-bond donors (Lipinski definition) is 0. The van der Waals surface area contributed by atoms with E-state index in [2.05, 4.69) is 22.2 Å². The topological polar surface area (TPSA) is 68.0 Å². The molecule has 32 heavy (non-hydrogen) atoms. The molecule has 3 heterocycles. The summed E-state index contributed by atoms with van der Waals surface area (Å²) in [6.07, 6.45) is 3.72. The lowest BCUT2D eigenvalue weighted by molar-refractivity contribution is 0.0627. The summed E-state index contributed by atoms with van der Waals surface area (Å²) in [5, 5.41) is 2.97. The van der Waals surface area contributed by atoms with E-state index >= 15 is 0 Å². The fraction of sp³-hybridized carbons (Fsp3) is 0.417. The van der Waals surface area contributed by atoms with Gasteiger partial charge in [0.1, 0.15) is 0 Å². The fourth-order valence-corrected chi connectivity index (χ4v) is 4.44. The average Bonchev–Trinajstić information content (AvgIpc) is 3.52. The van der Waals surface area contributed by atoms with Gasteiger partial charge in [-0.25, -0.2) is 4.98 Å². The van der Waals surface area contributed by atoms with Crippen molar-refractivity contribution in [1.29, 1.82) is 0 Å². The van der Waals surface area contributed by atoms with Crippen molar-refractivity contribution < 1.29 is 18.7 Å². The standard InChI is InChI=1S/C24H29N3O4S/c1-3-4-13-30-20-8-7-18(15-22(20)29-2)24(28)27-11-9-26(10-12-27)16-19-17-32-23(25-19)21-6-5-14-31-21/h5-8,14-15,17H,3-4,9-13,16H2,1-2H3. The molecule has 1 aromatic carbocycles. The first kappa shape index (κ1) is 22.4. The lowest BCUT2D eigenvalue weighted by atomic mass is 10.1. The summed E-state index contributed by atoms with van der Waals surface area (Å²) in [7, 11) is 1.60. The van der Waals surface area contributed by atoms with Crippen molar-refractivity contribution >= 4 is 17.2 Å². The molecule has 0 spiro atoms. The van der Waals surface area contributed by atoms with Crippen molar-refractivity contribution in [2.75, 3.05) is 39.9 Å². The molecular weight excluding hydrogens is 426 g/mol. The third-order valence-electron chi connectivity index (χ3n) is 5.49. The van der Waals surface area contributed by atoms with Gasteiger partial charge in [-0.15, -0.1) is 11.3 Å². The molecule has 0 saturated carbocycles. The molecule has 1 aliphatic heterocycles. The van der Waals surface area contributed by atoms with Crippen LogP contribution in [-0.4, -0.2) is 60.6 Å². The monoisotopic (exact) mass is 455 g/mol. The van der Waals surface area contributed by atoms with Gasteiger partial charge in [0.05, 0.1) is 25.7 Å². The molecule has 7 nitrogen and oxygen atoms in total. The molecule has 170 valence electrons. The molecule has 4 rings (SSSR count). The first-order valence-electron chi connectivity index (χ1n) is 11.0. The molecule has 2 aromatic heterocycles. The van der Waals surface area contributed by atoms with Crippen LogP contribution in [0.25, 0.3) is 10.8 Å². The van der Waals surface area contributed by atoms with Gasteiger partial charge >= 0.3 is 0 Å². The molecule has 1 saturated heterocycles. The number of ether oxygens (including phenoxy) is 2. The zero-order valence-corrected chi connectivity index (χ0v) is 19.4. The molecule has 0 bridgehead atoms. The van der Waals surface area contributed by atoms with Crippen LogP contribution < -0.4 is 9.47 Å². The lowest BCUT2D eigenvalue weighted by Crippen LogP contribution is -2.48. The maximum Gasteiger partial charge on any atom is 0.254 e. The van der Waals surface area contributed by atoms with E-state index in [9.17, 15) is 4.79 Å². The van der Waals surface area contributed by atoms with Crippen LogP contribution in [-0.2, 0) is 6.54 Å². The third kappa shape index (κ3) is 5.31. The highest BCUT2D eigenvalue weighted by Crippen LogP contribution is 2.29. The second kappa shape index (κ2) is 10.7. The Balaban J connectivity index is 1.31. The number of furan rings is 1. The molecule has 1 fully saturated rings. The number of thiazole rings is 1. The van der Waals surface area contributed by atoms with Gasteiger partial charge in [-0.2, -0.15) is 0 Å². The SMILES string of the molecule is CCCCOc1ccc(C(=O)N2CCN(Cc3csc(-c4ccco4)n3)CC2)cc1OC. The highest BCUT2D eigenvalue weighted by atomic mass is 32.1. The second-order valence-corrected chi connectivity index (χ2v) is 8.62. The number of amides is 1. The highest BCUT2D eigenvalue weighted by molar-refractivity contribution is 7.13. The summed E-state index contributed by atoms with van der Waals surface area (Å²) in [6.45, 7) is 6.54. The molecule has 1 aliphatic rings. The van der Waals surface area contributed by atoms with Crippen molar-refractivity contribution in [2.45, 2.75) is 26.3 Å². The number of rotatable bonds is 9. The molecule has 0 unspecified atom stereocenters. The van der Waals surface area contributed by atoms with Crippen LogP contribution in [0, 0.1) is 0 Å². The van der Waals surface area contributed by atoms with Crippen LogP contribution in [0.4, 0.5) is 0 Å². The number of unbranched alkanes of at least 4 members (excludes halogenated alkanes) is 1. The minimum atomic E-state index is 0.0248. The van der Waals surface area contributed by atoms with Crippen molar-refractivity contribution in [1.82, 2.24) is 14.8 Å². The Morgan fingerprint density at radius 1 is 1.19 bits per heavy atom. The van der Waals surface area contributed by atoms with Crippen molar-refractivity contribution in [3.05, 3.63) is 53.2 Å². The van der Waals surface area contributed by atoms with Crippen LogP contribution in [0.15, 0.2) is 46.4 Å². The van der Waals surface area contributed by atoms with Crippen LogP contribution >= 0.6 is 11.3 Å². The van der Waals surface area contributed by atoms with E-state index in [1.807, 2.05) is 29.2 Å². The van der Waals surface area contributed by atoms with E-state index in [1.54, 1.807) is 30.8 Å². The molecule has 3 aromatic rings. The van der Waals surface area contributed by atoms with Gasteiger partial charge in [-0.05, 0) is 36.8 Å². The summed E-state index contributed by atoms with van der Waals surface area (Å²) < 4.78 is 16.7. The zero-order valence-electron chi connectivity index (χ0n) is 18.6. The van der Waals surface area contributed by atoms with Gasteiger partial charge in [0, 0.05) is 43.7 Å². The van der Waals surface area contributed by atoms with Gasteiger partial charge in [0.25, 0.3) is 5.91 Å². The molecule has 8 heteroatoms. The first-order valence-corrected chi connectivity index (χ1v) is 11.9. The Morgan fingerprint density at radius 3 is 2.75 bits per heavy atom. The van der Waals surface area contributed by atoms with Crippen LogP contribution in [0.2, 0.25) is 0 Å². The van der Waals surface area contributed by atoms with E-state index in [4.69, 9.17) is 13.9 Å². The minimum absolute atomic E-state index is 0.0248. The molecule has 1 amide bonds. The molecule has 0 N–H and O–H groups in total. The van der Waals surface area contributed by atoms with E-state index in [0.29, 0.717) is 36.8 Å². The Labute approximate surface area is 192 Å². The van der Waals surface area contributed by atoms with Crippen LogP contribution in [0.3, 0.4) is 0 Å². The van der Waals surface area contributed by atoms with Crippen LogP contribution in [0.5, 0.6) is 11.5 Å². The maximum absolute atomic E-state index is 13.0. The smallest absolute Gasteiger partial charge is 0.254 e. The van der Waals surface area contributed by atoms with Gasteiger partial charge < -0.3 is 18.8 Å². The van der Waals surface area contributed by atoms with E-state index < -0.39 is 0 Å². The second-order valence-electron chi connectivity index (χ2n) is 7.76. The van der Waals surface area contributed by atoms with E-state index in [-0.39, 0.29) is 5.91 Å². The predicted octanol–water partition coefficient (Wildman–Crippen LogP) is 4.55. The lowest BCUT2D eigenvalue weighted by Gasteiger charge is -2.34. The number of benzene rings is 1.